The van der Waals surface area contributed by atoms with E-state index in [1.165, 1.54) is 0 Å². The van der Waals surface area contributed by atoms with E-state index in [1.54, 1.807) is 0 Å². The van der Waals surface area contributed by atoms with Crippen LogP contribution in [-0.2, 0) is 14.9 Å². The van der Waals surface area contributed by atoms with Crippen molar-refractivity contribution in [3.8, 4) is 0 Å². The summed E-state index contributed by atoms with van der Waals surface area (Å²) in [5.41, 5.74) is 0.418. The number of halogens is 1. The zero-order valence-corrected chi connectivity index (χ0v) is 11.4. The van der Waals surface area contributed by atoms with Crippen LogP contribution in [0.15, 0.2) is 24.3 Å². The van der Waals surface area contributed by atoms with Crippen LogP contribution in [0.2, 0.25) is 0 Å². The van der Waals surface area contributed by atoms with Gasteiger partial charge in [-0.05, 0) is 61.1 Å². The molecule has 0 N–H and O–H groups in total. The Bertz CT molecular complexity index is 341. The molecule has 3 heteroatoms. The van der Waals surface area contributed by atoms with Gasteiger partial charge in [0.1, 0.15) is 0 Å². The molecule has 0 aliphatic rings. The van der Waals surface area contributed by atoms with Crippen LogP contribution in [0.5, 0.6) is 0 Å². The zero-order valence-electron chi connectivity index (χ0n) is 9.21. The van der Waals surface area contributed by atoms with Crippen LogP contribution in [0.1, 0.15) is 26.3 Å². The van der Waals surface area contributed by atoms with E-state index >= 15 is 0 Å². The molecule has 0 saturated carbocycles. The summed E-state index contributed by atoms with van der Waals surface area (Å²) < 4.78 is 6.21. The molecular formula is C12H15IO2. The molecule has 1 rings (SSSR count). The molecule has 1 aromatic rings. The number of carbonyl (C=O) groups is 1. The third-order valence-electron chi connectivity index (χ3n) is 2.35. The minimum absolute atomic E-state index is 0.175. The Hall–Kier alpha value is -0.580. The van der Waals surface area contributed by atoms with E-state index in [9.17, 15) is 4.79 Å². The van der Waals surface area contributed by atoms with Crippen molar-refractivity contribution < 1.29 is 9.53 Å². The number of benzene rings is 1. The van der Waals surface area contributed by atoms with E-state index < -0.39 is 5.41 Å². The molecule has 0 aliphatic carbocycles. The molecular weight excluding hydrogens is 303 g/mol. The number of ether oxygens (including phenoxy) is 1. The fraction of sp³-hybridized carbons (Fsp3) is 0.417. The van der Waals surface area contributed by atoms with Crippen molar-refractivity contribution in [1.29, 1.82) is 0 Å². The molecule has 0 unspecified atom stereocenters. The van der Waals surface area contributed by atoms with E-state index in [0.29, 0.717) is 6.61 Å². The van der Waals surface area contributed by atoms with Crippen molar-refractivity contribution in [2.75, 3.05) is 6.61 Å². The third kappa shape index (κ3) is 2.93. The molecule has 2 nitrogen and oxygen atoms in total. The first-order valence-corrected chi connectivity index (χ1v) is 5.99. The van der Waals surface area contributed by atoms with E-state index in [1.807, 2.05) is 45.0 Å². The number of hydrogen-bond acceptors (Lipinski definition) is 2. The summed E-state index contributed by atoms with van der Waals surface area (Å²) >= 11 is 2.24. The Kier molecular flexibility index (Phi) is 4.13. The first kappa shape index (κ1) is 12.5. The van der Waals surface area contributed by atoms with Crippen LogP contribution in [-0.4, -0.2) is 12.6 Å². The van der Waals surface area contributed by atoms with Crippen LogP contribution in [0, 0.1) is 3.57 Å². The van der Waals surface area contributed by atoms with Gasteiger partial charge >= 0.3 is 5.97 Å². The third-order valence-corrected chi connectivity index (χ3v) is 3.07. The van der Waals surface area contributed by atoms with Crippen LogP contribution in [0.25, 0.3) is 0 Å². The van der Waals surface area contributed by atoms with Gasteiger partial charge in [0.25, 0.3) is 0 Å². The summed E-state index contributed by atoms with van der Waals surface area (Å²) in [6.45, 7) is 6.01. The molecule has 0 radical (unpaired) electrons. The van der Waals surface area contributed by atoms with Gasteiger partial charge in [0.2, 0.25) is 0 Å². The Morgan fingerprint density at radius 2 is 1.87 bits per heavy atom. The van der Waals surface area contributed by atoms with Gasteiger partial charge in [-0.3, -0.25) is 4.79 Å². The monoisotopic (exact) mass is 318 g/mol. The predicted octanol–water partition coefficient (Wildman–Crippen LogP) is 3.13. The van der Waals surface area contributed by atoms with E-state index in [0.717, 1.165) is 9.13 Å². The second-order valence-corrected chi connectivity index (χ2v) is 5.10. The molecule has 0 aliphatic heterocycles. The number of carbonyl (C=O) groups excluding carboxylic acids is 1. The summed E-state index contributed by atoms with van der Waals surface area (Å²) in [6, 6.07) is 7.94. The average Bonchev–Trinajstić information content (AvgIpc) is 2.18. The maximum atomic E-state index is 11.7. The smallest absolute Gasteiger partial charge is 0.315 e. The number of rotatable bonds is 3. The molecule has 0 spiro atoms. The maximum Gasteiger partial charge on any atom is 0.315 e. The van der Waals surface area contributed by atoms with Gasteiger partial charge < -0.3 is 4.74 Å². The molecule has 0 aromatic heterocycles. The summed E-state index contributed by atoms with van der Waals surface area (Å²) in [7, 11) is 0. The summed E-state index contributed by atoms with van der Waals surface area (Å²) in [6.07, 6.45) is 0. The lowest BCUT2D eigenvalue weighted by atomic mass is 9.85. The normalized spacial score (nSPS) is 11.2. The van der Waals surface area contributed by atoms with Gasteiger partial charge in [-0.2, -0.15) is 0 Å². The van der Waals surface area contributed by atoms with E-state index in [4.69, 9.17) is 4.74 Å². The number of hydrogen-bond donors (Lipinski definition) is 0. The summed E-state index contributed by atoms with van der Waals surface area (Å²) in [4.78, 5) is 11.7. The Morgan fingerprint density at radius 1 is 1.33 bits per heavy atom. The van der Waals surface area contributed by atoms with E-state index in [2.05, 4.69) is 22.6 Å². The lowest BCUT2D eigenvalue weighted by Gasteiger charge is -2.22. The Labute approximate surface area is 104 Å². The largest absolute Gasteiger partial charge is 0.465 e. The second-order valence-electron chi connectivity index (χ2n) is 3.85. The van der Waals surface area contributed by atoms with Crippen LogP contribution >= 0.6 is 22.6 Å². The highest BCUT2D eigenvalue weighted by Gasteiger charge is 2.30. The van der Waals surface area contributed by atoms with Crippen LogP contribution in [0.4, 0.5) is 0 Å². The maximum absolute atomic E-state index is 11.7. The molecule has 0 fully saturated rings. The minimum atomic E-state index is -0.569. The first-order chi connectivity index (χ1) is 6.98. The standard InChI is InChI=1S/C12H15IO2/c1-4-15-11(14)12(2,3)9-5-7-10(13)8-6-9/h5-8H,4H2,1-3H3. The van der Waals surface area contributed by atoms with Crippen molar-refractivity contribution in [2.24, 2.45) is 0 Å². The zero-order chi connectivity index (χ0) is 11.5. The van der Waals surface area contributed by atoms with Gasteiger partial charge in [-0.15, -0.1) is 0 Å². The van der Waals surface area contributed by atoms with Gasteiger partial charge in [0.05, 0.1) is 12.0 Å². The van der Waals surface area contributed by atoms with Crippen molar-refractivity contribution in [1.82, 2.24) is 0 Å². The topological polar surface area (TPSA) is 26.3 Å². The van der Waals surface area contributed by atoms with Crippen molar-refractivity contribution in [3.05, 3.63) is 33.4 Å². The molecule has 82 valence electrons. The molecule has 0 saturated heterocycles. The lowest BCUT2D eigenvalue weighted by molar-refractivity contribution is -0.148. The van der Waals surface area contributed by atoms with Gasteiger partial charge in [-0.1, -0.05) is 12.1 Å². The van der Waals surface area contributed by atoms with Gasteiger partial charge in [0.15, 0.2) is 0 Å². The highest BCUT2D eigenvalue weighted by Crippen LogP contribution is 2.25. The highest BCUT2D eigenvalue weighted by molar-refractivity contribution is 14.1. The van der Waals surface area contributed by atoms with Crippen molar-refractivity contribution in [2.45, 2.75) is 26.2 Å². The molecule has 0 atom stereocenters. The lowest BCUT2D eigenvalue weighted by Crippen LogP contribution is -2.31. The average molecular weight is 318 g/mol. The Morgan fingerprint density at radius 3 is 2.33 bits per heavy atom. The highest BCUT2D eigenvalue weighted by atomic mass is 127. The Balaban J connectivity index is 2.94. The molecule has 0 bridgehead atoms. The van der Waals surface area contributed by atoms with Crippen molar-refractivity contribution in [3.63, 3.8) is 0 Å². The van der Waals surface area contributed by atoms with Gasteiger partial charge in [0, 0.05) is 3.57 Å². The molecule has 0 heterocycles. The minimum Gasteiger partial charge on any atom is -0.465 e. The summed E-state index contributed by atoms with van der Waals surface area (Å²) in [5, 5.41) is 0. The predicted molar refractivity (Wildman–Crippen MR) is 68.8 cm³/mol. The quantitative estimate of drug-likeness (QED) is 0.632. The first-order valence-electron chi connectivity index (χ1n) is 4.91. The molecule has 0 amide bonds. The van der Waals surface area contributed by atoms with Gasteiger partial charge in [-0.25, -0.2) is 0 Å². The molecule has 15 heavy (non-hydrogen) atoms. The SMILES string of the molecule is CCOC(=O)C(C)(C)c1ccc(I)cc1. The number of esters is 1. The summed E-state index contributed by atoms with van der Waals surface area (Å²) in [5.74, 6) is -0.175. The van der Waals surface area contributed by atoms with E-state index in [-0.39, 0.29) is 5.97 Å². The second kappa shape index (κ2) is 4.96. The fourth-order valence-electron chi connectivity index (χ4n) is 1.30. The van der Waals surface area contributed by atoms with Crippen LogP contribution in [0.3, 0.4) is 0 Å². The van der Waals surface area contributed by atoms with Crippen molar-refractivity contribution >= 4 is 28.6 Å². The fourth-order valence-corrected chi connectivity index (χ4v) is 1.66. The van der Waals surface area contributed by atoms with Crippen LogP contribution < -0.4 is 0 Å². The molecule has 1 aromatic carbocycles.